The van der Waals surface area contributed by atoms with Gasteiger partial charge >= 0.3 is 0 Å². The lowest BCUT2D eigenvalue weighted by molar-refractivity contribution is 0.0416. The molecule has 3 atom stereocenters. The van der Waals surface area contributed by atoms with Crippen LogP contribution in [0, 0.1) is 5.92 Å². The minimum absolute atomic E-state index is 0.191. The maximum Gasteiger partial charge on any atom is 0.166 e. The fourth-order valence-electron chi connectivity index (χ4n) is 3.20. The van der Waals surface area contributed by atoms with Gasteiger partial charge in [0.1, 0.15) is 5.37 Å². The Bertz CT molecular complexity index is 423. The van der Waals surface area contributed by atoms with Crippen molar-refractivity contribution in [3.05, 3.63) is 0 Å². The number of sulfone groups is 1. The number of rotatable bonds is 5. The Balaban J connectivity index is 2.29. The molecule has 2 saturated heterocycles. The lowest BCUT2D eigenvalue weighted by Gasteiger charge is -2.49. The van der Waals surface area contributed by atoms with Crippen LogP contribution in [0.5, 0.6) is 0 Å². The molecule has 0 spiro atoms. The van der Waals surface area contributed by atoms with E-state index in [1.165, 1.54) is 0 Å². The first-order valence-electron chi connectivity index (χ1n) is 7.29. The van der Waals surface area contributed by atoms with Crippen LogP contribution >= 0.6 is 11.8 Å². The second-order valence-electron chi connectivity index (χ2n) is 5.80. The van der Waals surface area contributed by atoms with Gasteiger partial charge in [-0.3, -0.25) is 4.90 Å². The van der Waals surface area contributed by atoms with E-state index in [4.69, 9.17) is 10.5 Å². The Hall–Kier alpha value is 0.180. The molecule has 2 heterocycles. The fraction of sp³-hybridized carbons (Fsp3) is 1.00. The molecular formula is C13H26N2O3S2. The quantitative estimate of drug-likeness (QED) is 0.797. The first-order chi connectivity index (χ1) is 9.45. The van der Waals surface area contributed by atoms with Crippen molar-refractivity contribution in [2.24, 2.45) is 11.7 Å². The van der Waals surface area contributed by atoms with Crippen LogP contribution < -0.4 is 5.73 Å². The van der Waals surface area contributed by atoms with E-state index in [1.54, 1.807) is 18.7 Å². The van der Waals surface area contributed by atoms with Crippen LogP contribution in [0.15, 0.2) is 0 Å². The Morgan fingerprint density at radius 3 is 2.80 bits per heavy atom. The molecule has 5 nitrogen and oxygen atoms in total. The minimum atomic E-state index is -3.08. The number of hydrogen-bond acceptors (Lipinski definition) is 6. The van der Waals surface area contributed by atoms with Crippen molar-refractivity contribution in [1.29, 1.82) is 0 Å². The maximum atomic E-state index is 12.4. The van der Waals surface area contributed by atoms with Gasteiger partial charge < -0.3 is 10.5 Å². The Labute approximate surface area is 126 Å². The zero-order valence-electron chi connectivity index (χ0n) is 12.4. The number of ether oxygens (including phenoxy) is 1. The molecule has 0 aliphatic carbocycles. The first-order valence-corrected chi connectivity index (χ1v) is 10.2. The van der Waals surface area contributed by atoms with Crippen molar-refractivity contribution in [1.82, 2.24) is 4.90 Å². The van der Waals surface area contributed by atoms with Gasteiger partial charge in [0.25, 0.3) is 0 Å². The highest BCUT2D eigenvalue weighted by molar-refractivity contribution is 8.01. The Kier molecular flexibility index (Phi) is 5.40. The molecule has 2 aliphatic heterocycles. The highest BCUT2D eigenvalue weighted by Gasteiger charge is 2.47. The molecule has 0 saturated carbocycles. The van der Waals surface area contributed by atoms with E-state index in [2.05, 4.69) is 11.8 Å². The molecule has 2 N–H and O–H groups in total. The highest BCUT2D eigenvalue weighted by atomic mass is 32.2. The summed E-state index contributed by atoms with van der Waals surface area (Å²) in [6.45, 7) is 6.55. The average molecular weight is 322 g/mol. The molecule has 0 aromatic rings. The summed E-state index contributed by atoms with van der Waals surface area (Å²) in [6.07, 6.45) is 0.968. The summed E-state index contributed by atoms with van der Waals surface area (Å²) in [7, 11) is -3.08. The van der Waals surface area contributed by atoms with E-state index >= 15 is 0 Å². The van der Waals surface area contributed by atoms with Crippen LogP contribution in [0.3, 0.4) is 0 Å². The zero-order valence-corrected chi connectivity index (χ0v) is 14.0. The molecule has 2 fully saturated rings. The van der Waals surface area contributed by atoms with Crippen LogP contribution in [0.4, 0.5) is 0 Å². The summed E-state index contributed by atoms with van der Waals surface area (Å²) >= 11 is 1.73. The molecule has 0 aromatic heterocycles. The van der Waals surface area contributed by atoms with Crippen molar-refractivity contribution in [3.63, 3.8) is 0 Å². The zero-order chi connectivity index (χ0) is 14.8. The van der Waals surface area contributed by atoms with Crippen LogP contribution in [0.2, 0.25) is 0 Å². The topological polar surface area (TPSA) is 72.6 Å². The summed E-state index contributed by atoms with van der Waals surface area (Å²) in [5.41, 5.74) is 5.78. The summed E-state index contributed by atoms with van der Waals surface area (Å²) in [6, 6.07) is 0. The van der Waals surface area contributed by atoms with Crippen molar-refractivity contribution < 1.29 is 13.2 Å². The number of nitrogens with zero attached hydrogens (tertiary/aromatic N) is 1. The maximum absolute atomic E-state index is 12.4. The van der Waals surface area contributed by atoms with Gasteiger partial charge in [0, 0.05) is 48.4 Å². The van der Waals surface area contributed by atoms with Gasteiger partial charge in [0.05, 0.1) is 6.61 Å². The van der Waals surface area contributed by atoms with E-state index in [1.807, 2.05) is 0 Å². The number of thioether (sulfide) groups is 1. The first kappa shape index (κ1) is 16.5. The predicted molar refractivity (Wildman–Crippen MR) is 83.7 cm³/mol. The highest BCUT2D eigenvalue weighted by Crippen LogP contribution is 2.36. The molecular weight excluding hydrogens is 296 g/mol. The van der Waals surface area contributed by atoms with Gasteiger partial charge in [0.15, 0.2) is 9.84 Å². The monoisotopic (exact) mass is 322 g/mol. The van der Waals surface area contributed by atoms with E-state index in [9.17, 15) is 8.42 Å². The normalized spacial score (nSPS) is 32.1. The van der Waals surface area contributed by atoms with Crippen molar-refractivity contribution in [2.75, 3.05) is 43.6 Å². The lowest BCUT2D eigenvalue weighted by atomic mass is 9.83. The summed E-state index contributed by atoms with van der Waals surface area (Å²) in [5.74, 6) is 2.14. The average Bonchev–Trinajstić information content (AvgIpc) is 3.01. The predicted octanol–water partition coefficient (Wildman–Crippen LogP) is 0.550. The molecule has 2 aliphatic rings. The van der Waals surface area contributed by atoms with Gasteiger partial charge in [-0.2, -0.15) is 11.8 Å². The van der Waals surface area contributed by atoms with Crippen molar-refractivity contribution in [3.8, 4) is 0 Å². The van der Waals surface area contributed by atoms with Gasteiger partial charge in [-0.15, -0.1) is 0 Å². The minimum Gasteiger partial charge on any atom is -0.381 e. The Morgan fingerprint density at radius 1 is 1.50 bits per heavy atom. The molecule has 2 rings (SSSR count). The second-order valence-corrected chi connectivity index (χ2v) is 9.39. The molecule has 3 unspecified atom stereocenters. The molecule has 20 heavy (non-hydrogen) atoms. The molecule has 0 bridgehead atoms. The van der Waals surface area contributed by atoms with E-state index < -0.39 is 15.2 Å². The molecule has 118 valence electrons. The standard InChI is InChI=1S/C13H26N2O3S2/c1-3-20(16,17)12-9-19-7-5-15(12)13(2,10-14)11-4-6-18-8-11/h11-12H,3-10,14H2,1-2H3. The number of nitrogens with two attached hydrogens (primary N) is 1. The van der Waals surface area contributed by atoms with Crippen molar-refractivity contribution >= 4 is 21.6 Å². The van der Waals surface area contributed by atoms with Crippen LogP contribution in [0.25, 0.3) is 0 Å². The smallest absolute Gasteiger partial charge is 0.166 e. The number of hydrogen-bond donors (Lipinski definition) is 1. The Morgan fingerprint density at radius 2 is 2.25 bits per heavy atom. The van der Waals surface area contributed by atoms with Gasteiger partial charge in [-0.1, -0.05) is 6.92 Å². The van der Waals surface area contributed by atoms with E-state index in [0.717, 1.165) is 25.3 Å². The SMILES string of the molecule is CCS(=O)(=O)C1CSCCN1C(C)(CN)C1CCOC1. The summed E-state index contributed by atoms with van der Waals surface area (Å²) in [4.78, 5) is 2.15. The van der Waals surface area contributed by atoms with Crippen LogP contribution in [-0.2, 0) is 14.6 Å². The van der Waals surface area contributed by atoms with Crippen LogP contribution in [0.1, 0.15) is 20.3 Å². The second kappa shape index (κ2) is 6.52. The van der Waals surface area contributed by atoms with Gasteiger partial charge in [0.2, 0.25) is 0 Å². The third kappa shape index (κ3) is 3.02. The molecule has 0 amide bonds. The largest absolute Gasteiger partial charge is 0.381 e. The lowest BCUT2D eigenvalue weighted by Crippen LogP contribution is -2.64. The van der Waals surface area contributed by atoms with E-state index in [0.29, 0.717) is 24.8 Å². The van der Waals surface area contributed by atoms with Crippen LogP contribution in [-0.4, -0.2) is 67.8 Å². The fourth-order valence-corrected chi connectivity index (χ4v) is 6.31. The van der Waals surface area contributed by atoms with Gasteiger partial charge in [-0.25, -0.2) is 8.42 Å². The molecule has 7 heteroatoms. The van der Waals surface area contributed by atoms with Crippen molar-refractivity contribution in [2.45, 2.75) is 31.2 Å². The van der Waals surface area contributed by atoms with Gasteiger partial charge in [-0.05, 0) is 13.3 Å². The van der Waals surface area contributed by atoms with E-state index in [-0.39, 0.29) is 11.3 Å². The molecule has 0 radical (unpaired) electrons. The third-order valence-corrected chi connectivity index (χ3v) is 8.07. The summed E-state index contributed by atoms with van der Waals surface area (Å²) < 4.78 is 30.3. The third-order valence-electron chi connectivity index (χ3n) is 4.78. The molecule has 0 aromatic carbocycles. The summed E-state index contributed by atoms with van der Waals surface area (Å²) in [5, 5.41) is -0.402.